The van der Waals surface area contributed by atoms with Crippen LogP contribution >= 0.6 is 0 Å². The van der Waals surface area contributed by atoms with Crippen LogP contribution in [0.3, 0.4) is 0 Å². The highest BCUT2D eigenvalue weighted by Crippen LogP contribution is 2.13. The van der Waals surface area contributed by atoms with E-state index >= 15 is 0 Å². The van der Waals surface area contributed by atoms with Crippen molar-refractivity contribution in [2.24, 2.45) is 5.92 Å². The Balaban J connectivity index is 3.88. The molecule has 0 amide bonds. The van der Waals surface area contributed by atoms with E-state index in [0.717, 1.165) is 0 Å². The summed E-state index contributed by atoms with van der Waals surface area (Å²) in [6, 6.07) is 1.92. The van der Waals surface area contributed by atoms with E-state index in [4.69, 9.17) is 14.7 Å². The maximum atomic E-state index is 11.4. The van der Waals surface area contributed by atoms with Crippen molar-refractivity contribution in [3.05, 3.63) is 0 Å². The van der Waals surface area contributed by atoms with Crippen molar-refractivity contribution >= 4 is 11.9 Å². The molecule has 0 aromatic carbocycles. The quantitative estimate of drug-likeness (QED) is 0.524. The lowest BCUT2D eigenvalue weighted by Gasteiger charge is -2.19. The molecule has 0 aromatic rings. The molecule has 0 bridgehead atoms. The van der Waals surface area contributed by atoms with Crippen molar-refractivity contribution in [1.29, 1.82) is 5.26 Å². The highest BCUT2D eigenvalue weighted by molar-refractivity contribution is 5.75. The molecule has 0 saturated carbocycles. The lowest BCUT2D eigenvalue weighted by molar-refractivity contribution is -0.154. The molecular formula is C14H23NO4. The topological polar surface area (TPSA) is 76.4 Å². The third-order valence-corrected chi connectivity index (χ3v) is 2.27. The molecule has 1 atom stereocenters. The Morgan fingerprint density at radius 1 is 1.26 bits per heavy atom. The number of nitriles is 1. The van der Waals surface area contributed by atoms with Crippen LogP contribution in [-0.4, -0.2) is 24.1 Å². The second-order valence-electron chi connectivity index (χ2n) is 5.27. The average Bonchev–Trinajstić information content (AvgIpc) is 2.27. The van der Waals surface area contributed by atoms with Crippen molar-refractivity contribution in [2.45, 2.75) is 59.0 Å². The van der Waals surface area contributed by atoms with Crippen LogP contribution in [0.15, 0.2) is 0 Å². The molecule has 0 saturated heterocycles. The first-order valence-electron chi connectivity index (χ1n) is 6.58. The minimum atomic E-state index is -0.737. The molecule has 1 unspecified atom stereocenters. The highest BCUT2D eigenvalue weighted by Gasteiger charge is 2.19. The van der Waals surface area contributed by atoms with Crippen molar-refractivity contribution in [3.8, 4) is 6.07 Å². The molecule has 0 radical (unpaired) electrons. The summed E-state index contributed by atoms with van der Waals surface area (Å²) in [5.41, 5.74) is -0.475. The molecule has 0 aliphatic carbocycles. The SMILES string of the molecule is CCOC(=O)C(C#N)CCCCC(=O)OC(C)(C)C. The van der Waals surface area contributed by atoms with E-state index < -0.39 is 17.5 Å². The Hall–Kier alpha value is -1.57. The van der Waals surface area contributed by atoms with Crippen LogP contribution in [0.4, 0.5) is 0 Å². The number of esters is 2. The van der Waals surface area contributed by atoms with E-state index in [2.05, 4.69) is 0 Å². The van der Waals surface area contributed by atoms with Crippen LogP contribution in [0.1, 0.15) is 53.4 Å². The van der Waals surface area contributed by atoms with Crippen LogP contribution in [0.2, 0.25) is 0 Å². The van der Waals surface area contributed by atoms with Gasteiger partial charge in [0.15, 0.2) is 0 Å². The number of unbranched alkanes of at least 4 members (excludes halogenated alkanes) is 1. The van der Waals surface area contributed by atoms with Crippen LogP contribution in [0, 0.1) is 17.2 Å². The van der Waals surface area contributed by atoms with E-state index in [0.29, 0.717) is 25.7 Å². The minimum Gasteiger partial charge on any atom is -0.465 e. The van der Waals surface area contributed by atoms with E-state index in [-0.39, 0.29) is 12.6 Å². The normalized spacial score (nSPS) is 12.4. The monoisotopic (exact) mass is 269 g/mol. The Labute approximate surface area is 114 Å². The summed E-state index contributed by atoms with van der Waals surface area (Å²) in [6.07, 6.45) is 1.94. The number of carbonyl (C=O) groups is 2. The molecule has 0 rings (SSSR count). The molecule has 5 nitrogen and oxygen atoms in total. The van der Waals surface area contributed by atoms with Crippen molar-refractivity contribution in [2.75, 3.05) is 6.61 Å². The first-order valence-corrected chi connectivity index (χ1v) is 6.58. The van der Waals surface area contributed by atoms with Crippen LogP contribution < -0.4 is 0 Å². The predicted octanol–water partition coefficient (Wildman–Crippen LogP) is 2.59. The van der Waals surface area contributed by atoms with E-state index in [9.17, 15) is 9.59 Å². The van der Waals surface area contributed by atoms with Crippen molar-refractivity contribution in [1.82, 2.24) is 0 Å². The van der Waals surface area contributed by atoms with Crippen molar-refractivity contribution < 1.29 is 19.1 Å². The van der Waals surface area contributed by atoms with Gasteiger partial charge in [0.05, 0.1) is 12.7 Å². The van der Waals surface area contributed by atoms with Gasteiger partial charge in [0.1, 0.15) is 11.5 Å². The number of ether oxygens (including phenoxy) is 2. The van der Waals surface area contributed by atoms with Gasteiger partial charge in [0, 0.05) is 6.42 Å². The van der Waals surface area contributed by atoms with Gasteiger partial charge < -0.3 is 9.47 Å². The molecule has 0 fully saturated rings. The number of rotatable bonds is 7. The largest absolute Gasteiger partial charge is 0.465 e. The van der Waals surface area contributed by atoms with Crippen LogP contribution in [0.5, 0.6) is 0 Å². The molecule has 0 aliphatic heterocycles. The summed E-state index contributed by atoms with van der Waals surface area (Å²) in [7, 11) is 0. The third kappa shape index (κ3) is 9.06. The lowest BCUT2D eigenvalue weighted by atomic mass is 10.0. The Kier molecular flexibility index (Phi) is 7.81. The third-order valence-electron chi connectivity index (χ3n) is 2.27. The Morgan fingerprint density at radius 2 is 1.89 bits per heavy atom. The van der Waals surface area contributed by atoms with Gasteiger partial charge in [-0.15, -0.1) is 0 Å². The van der Waals surface area contributed by atoms with Crippen molar-refractivity contribution in [3.63, 3.8) is 0 Å². The summed E-state index contributed by atoms with van der Waals surface area (Å²) in [5, 5.41) is 8.84. The summed E-state index contributed by atoms with van der Waals surface area (Å²) < 4.78 is 9.95. The molecule has 108 valence electrons. The summed E-state index contributed by atoms with van der Waals surface area (Å²) in [6.45, 7) is 7.43. The Morgan fingerprint density at radius 3 is 2.37 bits per heavy atom. The average molecular weight is 269 g/mol. The first kappa shape index (κ1) is 17.4. The Bertz CT molecular complexity index is 338. The van der Waals surface area contributed by atoms with Gasteiger partial charge in [-0.25, -0.2) is 0 Å². The first-order chi connectivity index (χ1) is 8.80. The second kappa shape index (κ2) is 8.52. The van der Waals surface area contributed by atoms with E-state index in [1.807, 2.05) is 26.8 Å². The second-order valence-corrected chi connectivity index (χ2v) is 5.27. The molecule has 0 spiro atoms. The maximum absolute atomic E-state index is 11.4. The summed E-state index contributed by atoms with van der Waals surface area (Å²) in [5.74, 6) is -1.47. The van der Waals surface area contributed by atoms with Gasteiger partial charge >= 0.3 is 11.9 Å². The number of carbonyl (C=O) groups excluding carboxylic acids is 2. The van der Waals surface area contributed by atoms with Gasteiger partial charge in [-0.2, -0.15) is 5.26 Å². The van der Waals surface area contributed by atoms with Gasteiger partial charge in [-0.1, -0.05) is 6.42 Å². The summed E-state index contributed by atoms with van der Waals surface area (Å²) in [4.78, 5) is 22.8. The lowest BCUT2D eigenvalue weighted by Crippen LogP contribution is -2.23. The smallest absolute Gasteiger partial charge is 0.323 e. The molecular weight excluding hydrogens is 246 g/mol. The molecule has 5 heteroatoms. The predicted molar refractivity (Wildman–Crippen MR) is 70.0 cm³/mol. The van der Waals surface area contributed by atoms with Gasteiger partial charge in [-0.05, 0) is 40.5 Å². The molecule has 19 heavy (non-hydrogen) atoms. The van der Waals surface area contributed by atoms with Gasteiger partial charge in [0.2, 0.25) is 0 Å². The molecule has 0 N–H and O–H groups in total. The molecule has 0 aliphatic rings. The van der Waals surface area contributed by atoms with Gasteiger partial charge in [0.25, 0.3) is 0 Å². The zero-order chi connectivity index (χ0) is 14.9. The maximum Gasteiger partial charge on any atom is 0.323 e. The fraction of sp³-hybridized carbons (Fsp3) is 0.786. The minimum absolute atomic E-state index is 0.253. The standard InChI is InChI=1S/C14H23NO4/c1-5-18-13(17)11(10-15)8-6-7-9-12(16)19-14(2,3)4/h11H,5-9H2,1-4H3. The van der Waals surface area contributed by atoms with Crippen LogP contribution in [0.25, 0.3) is 0 Å². The fourth-order valence-electron chi connectivity index (χ4n) is 1.49. The van der Waals surface area contributed by atoms with Crippen LogP contribution in [-0.2, 0) is 19.1 Å². The highest BCUT2D eigenvalue weighted by atomic mass is 16.6. The number of hydrogen-bond acceptors (Lipinski definition) is 5. The number of hydrogen-bond donors (Lipinski definition) is 0. The zero-order valence-electron chi connectivity index (χ0n) is 12.2. The summed E-state index contributed by atoms with van der Waals surface area (Å²) >= 11 is 0. The zero-order valence-corrected chi connectivity index (χ0v) is 12.2. The van der Waals surface area contributed by atoms with Gasteiger partial charge in [-0.3, -0.25) is 9.59 Å². The molecule has 0 aromatic heterocycles. The molecule has 0 heterocycles. The van der Waals surface area contributed by atoms with E-state index in [1.54, 1.807) is 6.92 Å². The fourth-order valence-corrected chi connectivity index (χ4v) is 1.49. The number of nitrogens with zero attached hydrogens (tertiary/aromatic N) is 1. The van der Waals surface area contributed by atoms with E-state index in [1.165, 1.54) is 0 Å².